The maximum atomic E-state index is 13.1. The molecule has 2 aromatic heterocycles. The zero-order valence-electron chi connectivity index (χ0n) is 15.9. The maximum absolute atomic E-state index is 13.1. The van der Waals surface area contributed by atoms with Crippen LogP contribution in [0, 0.1) is 5.82 Å². The van der Waals surface area contributed by atoms with Crippen LogP contribution in [0.1, 0.15) is 5.56 Å². The number of fused-ring (bicyclic) bond motifs is 1. The van der Waals surface area contributed by atoms with Crippen molar-refractivity contribution in [2.24, 2.45) is 0 Å². The van der Waals surface area contributed by atoms with Crippen LogP contribution in [0.25, 0.3) is 17.0 Å². The molecule has 1 aliphatic heterocycles. The van der Waals surface area contributed by atoms with Crippen molar-refractivity contribution >= 4 is 11.6 Å². The summed E-state index contributed by atoms with van der Waals surface area (Å²) >= 11 is 0. The normalized spacial score (nSPS) is 15.1. The minimum absolute atomic E-state index is 0.192. The van der Waals surface area contributed by atoms with E-state index in [0.717, 1.165) is 55.4 Å². The van der Waals surface area contributed by atoms with E-state index in [-0.39, 0.29) is 5.82 Å². The van der Waals surface area contributed by atoms with Crippen molar-refractivity contribution in [3.05, 3.63) is 78.4 Å². The molecule has 1 fully saturated rings. The lowest BCUT2D eigenvalue weighted by Gasteiger charge is -2.36. The highest BCUT2D eigenvalue weighted by molar-refractivity contribution is 5.65. The first-order chi connectivity index (χ1) is 14.3. The van der Waals surface area contributed by atoms with Crippen molar-refractivity contribution in [3.63, 3.8) is 0 Å². The molecule has 0 aliphatic carbocycles. The summed E-state index contributed by atoms with van der Waals surface area (Å²) < 4.78 is 14.9. The number of halogens is 1. The number of rotatable bonds is 4. The van der Waals surface area contributed by atoms with Crippen molar-refractivity contribution in [2.75, 3.05) is 31.1 Å². The number of piperazine rings is 1. The first-order valence-corrected chi connectivity index (χ1v) is 9.74. The smallest absolute Gasteiger partial charge is 0.254 e. The molecule has 0 amide bonds. The molecule has 0 radical (unpaired) electrons. The van der Waals surface area contributed by atoms with Gasteiger partial charge in [-0.1, -0.05) is 42.5 Å². The van der Waals surface area contributed by atoms with E-state index >= 15 is 0 Å². The Labute approximate surface area is 168 Å². The van der Waals surface area contributed by atoms with Crippen LogP contribution in [0.4, 0.5) is 10.2 Å². The zero-order chi connectivity index (χ0) is 19.6. The SMILES string of the molecule is Fc1ccc(CN2CCN(c3cc(-c4ccccc4)nc4ncnn34)CC2)cc1. The topological polar surface area (TPSA) is 49.6 Å². The first kappa shape index (κ1) is 17.8. The number of hydrogen-bond donors (Lipinski definition) is 0. The third kappa shape index (κ3) is 3.69. The molecule has 1 saturated heterocycles. The third-order valence-electron chi connectivity index (χ3n) is 5.32. The van der Waals surface area contributed by atoms with Crippen LogP contribution in [0.5, 0.6) is 0 Å². The highest BCUT2D eigenvalue weighted by atomic mass is 19.1. The van der Waals surface area contributed by atoms with Gasteiger partial charge in [0.2, 0.25) is 0 Å². The predicted molar refractivity (Wildman–Crippen MR) is 110 cm³/mol. The van der Waals surface area contributed by atoms with Crippen molar-refractivity contribution in [2.45, 2.75) is 6.54 Å². The molecule has 0 atom stereocenters. The Morgan fingerprint density at radius 2 is 1.66 bits per heavy atom. The van der Waals surface area contributed by atoms with E-state index in [1.54, 1.807) is 6.33 Å². The molecule has 0 saturated carbocycles. The van der Waals surface area contributed by atoms with E-state index in [9.17, 15) is 4.39 Å². The molecule has 6 nitrogen and oxygen atoms in total. The van der Waals surface area contributed by atoms with E-state index < -0.39 is 0 Å². The molecule has 1 aliphatic rings. The standard InChI is InChI=1S/C22H21FN6/c23-19-8-6-17(7-9-19)15-27-10-12-28(13-11-27)21-14-20(18-4-2-1-3-5-18)26-22-24-16-25-29(21)22/h1-9,14,16H,10-13,15H2. The average molecular weight is 388 g/mol. The molecule has 4 aromatic rings. The van der Waals surface area contributed by atoms with Crippen molar-refractivity contribution in [1.82, 2.24) is 24.5 Å². The summed E-state index contributed by atoms with van der Waals surface area (Å²) in [6.07, 6.45) is 1.55. The molecule has 5 rings (SSSR count). The summed E-state index contributed by atoms with van der Waals surface area (Å²) in [6, 6.07) is 19.0. The van der Waals surface area contributed by atoms with Crippen LogP contribution in [0.3, 0.4) is 0 Å². The highest BCUT2D eigenvalue weighted by Gasteiger charge is 2.21. The fourth-order valence-electron chi connectivity index (χ4n) is 3.76. The van der Waals surface area contributed by atoms with Crippen molar-refractivity contribution in [3.8, 4) is 11.3 Å². The van der Waals surface area contributed by atoms with E-state index in [0.29, 0.717) is 5.78 Å². The van der Waals surface area contributed by atoms with Gasteiger partial charge in [-0.05, 0) is 17.7 Å². The Kier molecular flexibility index (Phi) is 4.65. The summed E-state index contributed by atoms with van der Waals surface area (Å²) in [4.78, 5) is 13.7. The third-order valence-corrected chi connectivity index (χ3v) is 5.32. The van der Waals surface area contributed by atoms with E-state index in [1.165, 1.54) is 12.1 Å². The summed E-state index contributed by atoms with van der Waals surface area (Å²) in [5.41, 5.74) is 3.10. The number of nitrogens with zero attached hydrogens (tertiary/aromatic N) is 6. The van der Waals surface area contributed by atoms with Crippen LogP contribution >= 0.6 is 0 Å². The number of hydrogen-bond acceptors (Lipinski definition) is 5. The molecule has 2 aromatic carbocycles. The number of benzene rings is 2. The highest BCUT2D eigenvalue weighted by Crippen LogP contribution is 2.24. The van der Waals surface area contributed by atoms with Gasteiger partial charge in [0.25, 0.3) is 5.78 Å². The monoisotopic (exact) mass is 388 g/mol. The molecule has 29 heavy (non-hydrogen) atoms. The van der Waals surface area contributed by atoms with Gasteiger partial charge < -0.3 is 4.90 Å². The maximum Gasteiger partial charge on any atom is 0.254 e. The van der Waals surface area contributed by atoms with Crippen LogP contribution in [0.2, 0.25) is 0 Å². The second-order valence-corrected chi connectivity index (χ2v) is 7.23. The summed E-state index contributed by atoms with van der Waals surface area (Å²) in [7, 11) is 0. The second kappa shape index (κ2) is 7.60. The molecule has 0 spiro atoms. The molecule has 0 unspecified atom stereocenters. The fourth-order valence-corrected chi connectivity index (χ4v) is 3.76. The van der Waals surface area contributed by atoms with Crippen molar-refractivity contribution in [1.29, 1.82) is 0 Å². The van der Waals surface area contributed by atoms with Gasteiger partial charge >= 0.3 is 0 Å². The lowest BCUT2D eigenvalue weighted by molar-refractivity contribution is 0.249. The van der Waals surface area contributed by atoms with Gasteiger partial charge in [0.1, 0.15) is 18.0 Å². The van der Waals surface area contributed by atoms with Gasteiger partial charge in [-0.3, -0.25) is 4.90 Å². The number of aromatic nitrogens is 4. The van der Waals surface area contributed by atoms with E-state index in [1.807, 2.05) is 34.8 Å². The molecular weight excluding hydrogens is 367 g/mol. The Hall–Kier alpha value is -3.32. The predicted octanol–water partition coefficient (Wildman–Crippen LogP) is 3.25. The molecule has 7 heteroatoms. The lowest BCUT2D eigenvalue weighted by atomic mass is 10.1. The number of anilines is 1. The largest absolute Gasteiger partial charge is 0.354 e. The van der Waals surface area contributed by atoms with Gasteiger partial charge in [-0.15, -0.1) is 0 Å². The Balaban J connectivity index is 1.36. The summed E-state index contributed by atoms with van der Waals surface area (Å²) in [6.45, 7) is 4.45. The quantitative estimate of drug-likeness (QED) is 0.537. The zero-order valence-corrected chi connectivity index (χ0v) is 15.9. The Morgan fingerprint density at radius 1 is 0.897 bits per heavy atom. The lowest BCUT2D eigenvalue weighted by Crippen LogP contribution is -2.46. The van der Waals surface area contributed by atoms with Crippen LogP contribution in [-0.2, 0) is 6.54 Å². The van der Waals surface area contributed by atoms with Gasteiger partial charge in [0.05, 0.1) is 5.69 Å². The van der Waals surface area contributed by atoms with Crippen molar-refractivity contribution < 1.29 is 4.39 Å². The molecular formula is C22H21FN6. The summed E-state index contributed by atoms with van der Waals surface area (Å²) in [5, 5.41) is 4.38. The molecule has 3 heterocycles. The molecule has 146 valence electrons. The van der Waals surface area contributed by atoms with E-state index in [2.05, 4.69) is 43.1 Å². The minimum Gasteiger partial charge on any atom is -0.354 e. The van der Waals surface area contributed by atoms with Gasteiger partial charge in [0, 0.05) is 44.4 Å². The average Bonchev–Trinajstić information content (AvgIpc) is 3.25. The van der Waals surface area contributed by atoms with Crippen LogP contribution in [-0.4, -0.2) is 50.7 Å². The van der Waals surface area contributed by atoms with Gasteiger partial charge in [-0.25, -0.2) is 9.37 Å². The summed E-state index contributed by atoms with van der Waals surface area (Å²) in [5.74, 6) is 1.42. The van der Waals surface area contributed by atoms with Crippen LogP contribution in [0.15, 0.2) is 67.0 Å². The van der Waals surface area contributed by atoms with Gasteiger partial charge in [0.15, 0.2) is 0 Å². The Morgan fingerprint density at radius 3 is 2.41 bits per heavy atom. The van der Waals surface area contributed by atoms with E-state index in [4.69, 9.17) is 0 Å². The van der Waals surface area contributed by atoms with Gasteiger partial charge in [-0.2, -0.15) is 14.6 Å². The molecule has 0 N–H and O–H groups in total. The first-order valence-electron chi connectivity index (χ1n) is 9.74. The second-order valence-electron chi connectivity index (χ2n) is 7.23. The Bertz CT molecular complexity index is 1100. The fraction of sp³-hybridized carbons (Fsp3) is 0.227. The van der Waals surface area contributed by atoms with Crippen LogP contribution < -0.4 is 4.90 Å². The molecule has 0 bridgehead atoms. The minimum atomic E-state index is -0.192.